The maximum absolute atomic E-state index is 14.4. The quantitative estimate of drug-likeness (QED) is 0.802. The molecule has 22 heavy (non-hydrogen) atoms. The summed E-state index contributed by atoms with van der Waals surface area (Å²) in [5.74, 6) is -0.267. The molecule has 0 saturated carbocycles. The molecule has 1 amide bonds. The number of hydrogen-bond acceptors (Lipinski definition) is 3. The van der Waals surface area contributed by atoms with E-state index in [9.17, 15) is 9.18 Å². The highest BCUT2D eigenvalue weighted by Crippen LogP contribution is 2.32. The number of anilines is 1. The van der Waals surface area contributed by atoms with Crippen LogP contribution >= 0.6 is 0 Å². The third kappa shape index (κ3) is 3.70. The largest absolute Gasteiger partial charge is 0.444 e. The molecule has 0 radical (unpaired) electrons. The summed E-state index contributed by atoms with van der Waals surface area (Å²) in [6, 6.07) is 3.47. The number of carbonyl (C=O) groups excluding carboxylic acids is 1. The number of piperidine rings is 1. The Bertz CT molecular complexity index is 567. The zero-order valence-corrected chi connectivity index (χ0v) is 13.8. The molecule has 1 fully saturated rings. The van der Waals surface area contributed by atoms with Gasteiger partial charge in [0.05, 0.1) is 0 Å². The summed E-state index contributed by atoms with van der Waals surface area (Å²) in [4.78, 5) is 13.9. The average molecular weight is 308 g/mol. The smallest absolute Gasteiger partial charge is 0.410 e. The molecule has 0 aromatic heterocycles. The molecule has 2 N–H and O–H groups in total. The van der Waals surface area contributed by atoms with Gasteiger partial charge < -0.3 is 15.4 Å². The summed E-state index contributed by atoms with van der Waals surface area (Å²) < 4.78 is 19.8. The van der Waals surface area contributed by atoms with Crippen molar-refractivity contribution in [3.8, 4) is 0 Å². The molecule has 1 atom stereocenters. The monoisotopic (exact) mass is 308 g/mol. The highest BCUT2D eigenvalue weighted by Gasteiger charge is 2.29. The number of benzene rings is 1. The van der Waals surface area contributed by atoms with Gasteiger partial charge >= 0.3 is 6.09 Å². The number of carbonyl (C=O) groups is 1. The minimum Gasteiger partial charge on any atom is -0.444 e. The summed E-state index contributed by atoms with van der Waals surface area (Å²) in [6.07, 6.45) is 1.37. The van der Waals surface area contributed by atoms with E-state index < -0.39 is 5.60 Å². The van der Waals surface area contributed by atoms with Crippen molar-refractivity contribution in [2.45, 2.75) is 52.1 Å². The summed E-state index contributed by atoms with van der Waals surface area (Å²) in [5, 5.41) is 0. The Morgan fingerprint density at radius 1 is 1.41 bits per heavy atom. The van der Waals surface area contributed by atoms with Crippen molar-refractivity contribution >= 4 is 11.8 Å². The van der Waals surface area contributed by atoms with Crippen LogP contribution in [-0.2, 0) is 4.74 Å². The highest BCUT2D eigenvalue weighted by atomic mass is 19.1. The molecule has 1 heterocycles. The number of likely N-dealkylation sites (tertiary alicyclic amines) is 1. The Kier molecular flexibility index (Phi) is 4.63. The molecule has 1 aromatic carbocycles. The van der Waals surface area contributed by atoms with Crippen LogP contribution in [0, 0.1) is 12.7 Å². The number of rotatable bonds is 1. The molecule has 0 spiro atoms. The van der Waals surface area contributed by atoms with Gasteiger partial charge in [0.25, 0.3) is 0 Å². The number of amides is 1. The van der Waals surface area contributed by atoms with Crippen LogP contribution in [0.25, 0.3) is 0 Å². The second-order valence-electron chi connectivity index (χ2n) is 6.95. The maximum atomic E-state index is 14.4. The van der Waals surface area contributed by atoms with Gasteiger partial charge in [0.15, 0.2) is 0 Å². The molecule has 0 unspecified atom stereocenters. The van der Waals surface area contributed by atoms with Gasteiger partial charge in [0, 0.05) is 30.3 Å². The third-order valence-corrected chi connectivity index (χ3v) is 3.97. The van der Waals surface area contributed by atoms with Gasteiger partial charge in [-0.2, -0.15) is 0 Å². The van der Waals surface area contributed by atoms with E-state index >= 15 is 0 Å². The van der Waals surface area contributed by atoms with Crippen LogP contribution in [-0.4, -0.2) is 29.7 Å². The average Bonchev–Trinajstić information content (AvgIpc) is 2.43. The Morgan fingerprint density at radius 3 is 2.73 bits per heavy atom. The van der Waals surface area contributed by atoms with E-state index in [0.29, 0.717) is 29.9 Å². The molecule has 4 nitrogen and oxygen atoms in total. The lowest BCUT2D eigenvalue weighted by atomic mass is 9.89. The van der Waals surface area contributed by atoms with Gasteiger partial charge in [-0.3, -0.25) is 0 Å². The van der Waals surface area contributed by atoms with Gasteiger partial charge in [-0.1, -0.05) is 6.07 Å². The first-order chi connectivity index (χ1) is 10.2. The number of nitrogen functional groups attached to an aromatic ring is 1. The first-order valence-corrected chi connectivity index (χ1v) is 7.71. The van der Waals surface area contributed by atoms with Crippen LogP contribution in [0.1, 0.15) is 50.7 Å². The van der Waals surface area contributed by atoms with Gasteiger partial charge in [0.2, 0.25) is 0 Å². The van der Waals surface area contributed by atoms with Gasteiger partial charge in [-0.15, -0.1) is 0 Å². The molecule has 1 aliphatic rings. The van der Waals surface area contributed by atoms with Crippen LogP contribution < -0.4 is 5.73 Å². The van der Waals surface area contributed by atoms with Crippen molar-refractivity contribution in [2.75, 3.05) is 18.8 Å². The Labute approximate surface area is 131 Å². The van der Waals surface area contributed by atoms with E-state index in [-0.39, 0.29) is 17.8 Å². The molecule has 0 aliphatic carbocycles. The number of hydrogen-bond donors (Lipinski definition) is 1. The van der Waals surface area contributed by atoms with E-state index in [1.165, 1.54) is 0 Å². The number of nitrogens with two attached hydrogens (primary N) is 1. The van der Waals surface area contributed by atoms with Crippen LogP contribution in [0.3, 0.4) is 0 Å². The fraction of sp³-hybridized carbons (Fsp3) is 0.588. The lowest BCUT2D eigenvalue weighted by molar-refractivity contribution is 0.0197. The molecular formula is C17H25FN2O2. The zero-order valence-electron chi connectivity index (χ0n) is 13.8. The molecule has 0 bridgehead atoms. The molecular weight excluding hydrogens is 283 g/mol. The Morgan fingerprint density at radius 2 is 2.09 bits per heavy atom. The summed E-state index contributed by atoms with van der Waals surface area (Å²) in [5.41, 5.74) is 6.80. The Balaban J connectivity index is 2.14. The molecule has 1 aromatic rings. The van der Waals surface area contributed by atoms with Gasteiger partial charge in [0.1, 0.15) is 11.4 Å². The highest BCUT2D eigenvalue weighted by molar-refractivity contribution is 5.68. The predicted octanol–water partition coefficient (Wildman–Crippen LogP) is 3.83. The lowest BCUT2D eigenvalue weighted by Crippen LogP contribution is -2.42. The lowest BCUT2D eigenvalue weighted by Gasteiger charge is -2.34. The van der Waals surface area contributed by atoms with Gasteiger partial charge in [-0.25, -0.2) is 9.18 Å². The molecule has 122 valence electrons. The normalized spacial score (nSPS) is 19.1. The van der Waals surface area contributed by atoms with E-state index in [0.717, 1.165) is 12.8 Å². The second kappa shape index (κ2) is 6.15. The summed E-state index contributed by atoms with van der Waals surface area (Å²) in [6.45, 7) is 8.35. The summed E-state index contributed by atoms with van der Waals surface area (Å²) >= 11 is 0. The minimum absolute atomic E-state index is 0.0134. The summed E-state index contributed by atoms with van der Waals surface area (Å²) in [7, 11) is 0. The van der Waals surface area contributed by atoms with Crippen LogP contribution in [0.2, 0.25) is 0 Å². The van der Waals surface area contributed by atoms with Crippen LogP contribution in [0.15, 0.2) is 12.1 Å². The molecule has 5 heteroatoms. The second-order valence-corrected chi connectivity index (χ2v) is 6.95. The zero-order chi connectivity index (χ0) is 16.5. The van der Waals surface area contributed by atoms with E-state index in [2.05, 4.69) is 0 Å². The van der Waals surface area contributed by atoms with E-state index in [1.54, 1.807) is 24.0 Å². The van der Waals surface area contributed by atoms with Crippen molar-refractivity contribution < 1.29 is 13.9 Å². The minimum atomic E-state index is -0.521. The standard InChI is InChI=1S/C17H25FN2O2/c1-11-14(19)8-7-13(15(11)18)12-6-5-9-20(10-12)16(21)22-17(2,3)4/h7-8,12H,5-6,9-10,19H2,1-4H3/t12-/m0/s1. The molecule has 1 aliphatic heterocycles. The van der Waals surface area contributed by atoms with E-state index in [1.807, 2.05) is 20.8 Å². The van der Waals surface area contributed by atoms with Crippen molar-refractivity contribution in [2.24, 2.45) is 0 Å². The first-order valence-electron chi connectivity index (χ1n) is 7.71. The topological polar surface area (TPSA) is 55.6 Å². The number of halogens is 1. The van der Waals surface area contributed by atoms with Crippen molar-refractivity contribution in [1.29, 1.82) is 0 Å². The Hall–Kier alpha value is -1.78. The van der Waals surface area contributed by atoms with Crippen LogP contribution in [0.5, 0.6) is 0 Å². The van der Waals surface area contributed by atoms with E-state index in [4.69, 9.17) is 10.5 Å². The number of nitrogens with zero attached hydrogens (tertiary/aromatic N) is 1. The third-order valence-electron chi connectivity index (χ3n) is 3.97. The first kappa shape index (κ1) is 16.6. The predicted molar refractivity (Wildman–Crippen MR) is 85.3 cm³/mol. The molecule has 2 rings (SSSR count). The van der Waals surface area contributed by atoms with Crippen molar-refractivity contribution in [1.82, 2.24) is 4.90 Å². The van der Waals surface area contributed by atoms with Crippen molar-refractivity contribution in [3.63, 3.8) is 0 Å². The molecule has 1 saturated heterocycles. The van der Waals surface area contributed by atoms with Crippen LogP contribution in [0.4, 0.5) is 14.9 Å². The maximum Gasteiger partial charge on any atom is 0.410 e. The van der Waals surface area contributed by atoms with Crippen molar-refractivity contribution in [3.05, 3.63) is 29.1 Å². The number of ether oxygens (including phenoxy) is 1. The fourth-order valence-corrected chi connectivity index (χ4v) is 2.76. The fourth-order valence-electron chi connectivity index (χ4n) is 2.76. The van der Waals surface area contributed by atoms with Gasteiger partial charge in [-0.05, 0) is 52.2 Å². The SMILES string of the molecule is Cc1c(N)ccc([C@H]2CCCN(C(=O)OC(C)(C)C)C2)c1F.